The monoisotopic (exact) mass is 351 g/mol. The highest BCUT2D eigenvalue weighted by Crippen LogP contribution is 2.41. The minimum atomic E-state index is 0.529. The predicted octanol–water partition coefficient (Wildman–Crippen LogP) is 3.95. The fraction of sp³-hybridized carbons (Fsp3) is 0.250. The van der Waals surface area contributed by atoms with Gasteiger partial charge in [0, 0.05) is 18.5 Å². The van der Waals surface area contributed by atoms with Gasteiger partial charge in [-0.05, 0) is 29.7 Å². The number of ether oxygens (including phenoxy) is 1. The van der Waals surface area contributed by atoms with Crippen molar-refractivity contribution in [2.75, 3.05) is 5.73 Å². The van der Waals surface area contributed by atoms with Gasteiger partial charge in [0.1, 0.15) is 22.4 Å². The summed E-state index contributed by atoms with van der Waals surface area (Å²) in [4.78, 5) is 4.28. The lowest BCUT2D eigenvalue weighted by atomic mass is 10.1. The molecule has 4 nitrogen and oxygen atoms in total. The summed E-state index contributed by atoms with van der Waals surface area (Å²) in [6.45, 7) is 1.39. The molecule has 5 heteroatoms. The SMILES string of the molecule is Nc1cnc(CNC2CC2c2ccc(OCc3ccccc3)cc2)s1. The zero-order chi connectivity index (χ0) is 17.1. The molecule has 1 aromatic heterocycles. The number of nitrogen functional groups attached to an aromatic ring is 1. The van der Waals surface area contributed by atoms with E-state index < -0.39 is 0 Å². The van der Waals surface area contributed by atoms with E-state index in [4.69, 9.17) is 10.5 Å². The summed E-state index contributed by atoms with van der Waals surface area (Å²) in [5, 5.41) is 5.38. The summed E-state index contributed by atoms with van der Waals surface area (Å²) < 4.78 is 5.85. The van der Waals surface area contributed by atoms with E-state index in [-0.39, 0.29) is 0 Å². The number of rotatable bonds is 7. The summed E-state index contributed by atoms with van der Waals surface area (Å²) in [6.07, 6.45) is 2.89. The first-order valence-corrected chi connectivity index (χ1v) is 9.30. The zero-order valence-electron chi connectivity index (χ0n) is 13.9. The fourth-order valence-electron chi connectivity index (χ4n) is 2.97. The van der Waals surface area contributed by atoms with Crippen LogP contribution in [0.1, 0.15) is 28.5 Å². The van der Waals surface area contributed by atoms with Gasteiger partial charge in [-0.25, -0.2) is 4.98 Å². The van der Waals surface area contributed by atoms with Gasteiger partial charge in [-0.3, -0.25) is 0 Å². The van der Waals surface area contributed by atoms with Gasteiger partial charge in [-0.1, -0.05) is 42.5 Å². The quantitative estimate of drug-likeness (QED) is 0.677. The molecule has 1 aliphatic carbocycles. The van der Waals surface area contributed by atoms with E-state index >= 15 is 0 Å². The number of nitrogens with two attached hydrogens (primary N) is 1. The van der Waals surface area contributed by atoms with Crippen LogP contribution in [-0.4, -0.2) is 11.0 Å². The highest BCUT2D eigenvalue weighted by molar-refractivity contribution is 7.15. The Kier molecular flexibility index (Phi) is 4.68. The number of thiazole rings is 1. The smallest absolute Gasteiger partial charge is 0.119 e. The van der Waals surface area contributed by atoms with E-state index in [1.807, 2.05) is 18.2 Å². The number of nitrogens with zero attached hydrogens (tertiary/aromatic N) is 1. The lowest BCUT2D eigenvalue weighted by molar-refractivity contribution is 0.306. The molecule has 2 unspecified atom stereocenters. The van der Waals surface area contributed by atoms with Crippen LogP contribution in [0.3, 0.4) is 0 Å². The molecular formula is C20H21N3OS. The molecule has 0 saturated heterocycles. The molecule has 1 heterocycles. The highest BCUT2D eigenvalue weighted by atomic mass is 32.1. The number of anilines is 1. The first kappa shape index (κ1) is 16.1. The van der Waals surface area contributed by atoms with Crippen molar-refractivity contribution in [3.63, 3.8) is 0 Å². The Hall–Kier alpha value is -2.37. The second-order valence-corrected chi connectivity index (χ2v) is 7.48. The van der Waals surface area contributed by atoms with E-state index in [0.29, 0.717) is 18.6 Å². The Balaban J connectivity index is 1.26. The van der Waals surface area contributed by atoms with Gasteiger partial charge in [0.15, 0.2) is 0 Å². The maximum absolute atomic E-state index is 5.85. The van der Waals surface area contributed by atoms with Crippen LogP contribution in [-0.2, 0) is 13.2 Å². The van der Waals surface area contributed by atoms with E-state index in [1.165, 1.54) is 17.5 Å². The Morgan fingerprint density at radius 2 is 1.92 bits per heavy atom. The van der Waals surface area contributed by atoms with Crippen molar-refractivity contribution in [2.24, 2.45) is 0 Å². The molecule has 3 aromatic rings. The molecule has 0 spiro atoms. The largest absolute Gasteiger partial charge is 0.489 e. The first-order chi connectivity index (χ1) is 12.3. The summed E-state index contributed by atoms with van der Waals surface area (Å²) >= 11 is 1.55. The number of aromatic nitrogens is 1. The third kappa shape index (κ3) is 4.18. The Labute approximate surface area is 151 Å². The fourth-order valence-corrected chi connectivity index (χ4v) is 3.60. The van der Waals surface area contributed by atoms with Crippen LogP contribution in [0.2, 0.25) is 0 Å². The van der Waals surface area contributed by atoms with Crippen molar-refractivity contribution in [2.45, 2.75) is 31.5 Å². The minimum absolute atomic E-state index is 0.529. The van der Waals surface area contributed by atoms with Crippen molar-refractivity contribution in [1.82, 2.24) is 10.3 Å². The molecule has 1 aliphatic rings. The molecule has 128 valence electrons. The van der Waals surface area contributed by atoms with Crippen LogP contribution < -0.4 is 15.8 Å². The van der Waals surface area contributed by atoms with Gasteiger partial charge in [0.05, 0.1) is 6.20 Å². The molecule has 0 bridgehead atoms. The highest BCUT2D eigenvalue weighted by Gasteiger charge is 2.37. The summed E-state index contributed by atoms with van der Waals surface area (Å²) in [7, 11) is 0. The first-order valence-electron chi connectivity index (χ1n) is 8.48. The molecule has 1 saturated carbocycles. The lowest BCUT2D eigenvalue weighted by Gasteiger charge is -2.07. The number of benzene rings is 2. The van der Waals surface area contributed by atoms with E-state index in [9.17, 15) is 0 Å². The average Bonchev–Trinajstić information content (AvgIpc) is 3.32. The van der Waals surface area contributed by atoms with Crippen molar-refractivity contribution < 1.29 is 4.74 Å². The predicted molar refractivity (Wildman–Crippen MR) is 102 cm³/mol. The summed E-state index contributed by atoms with van der Waals surface area (Å²) in [6, 6.07) is 19.2. The summed E-state index contributed by atoms with van der Waals surface area (Å²) in [5.74, 6) is 1.50. The van der Waals surface area contributed by atoms with Crippen LogP contribution in [0.4, 0.5) is 5.00 Å². The molecule has 4 rings (SSSR count). The van der Waals surface area contributed by atoms with Gasteiger partial charge in [0.25, 0.3) is 0 Å². The molecule has 0 radical (unpaired) electrons. The van der Waals surface area contributed by atoms with Crippen LogP contribution in [0.15, 0.2) is 60.8 Å². The van der Waals surface area contributed by atoms with Crippen molar-refractivity contribution in [3.05, 3.63) is 76.9 Å². The molecule has 2 atom stereocenters. The van der Waals surface area contributed by atoms with Gasteiger partial charge in [-0.15, -0.1) is 11.3 Å². The van der Waals surface area contributed by atoms with Crippen LogP contribution >= 0.6 is 11.3 Å². The summed E-state index contributed by atoms with van der Waals surface area (Å²) in [5.41, 5.74) is 8.26. The third-order valence-electron chi connectivity index (χ3n) is 4.43. The van der Waals surface area contributed by atoms with Gasteiger partial charge in [0.2, 0.25) is 0 Å². The standard InChI is InChI=1S/C20H21N3OS/c21-19-11-23-20(25-19)12-22-18-10-17(18)15-6-8-16(9-7-15)24-13-14-4-2-1-3-5-14/h1-9,11,17-18,22H,10,12-13,21H2. The number of hydrogen-bond donors (Lipinski definition) is 2. The Morgan fingerprint density at radius 1 is 1.12 bits per heavy atom. The molecule has 1 fully saturated rings. The third-order valence-corrected chi connectivity index (χ3v) is 5.26. The minimum Gasteiger partial charge on any atom is -0.489 e. The van der Waals surface area contributed by atoms with Gasteiger partial charge < -0.3 is 15.8 Å². The maximum atomic E-state index is 5.85. The average molecular weight is 351 g/mol. The Bertz CT molecular complexity index is 816. The maximum Gasteiger partial charge on any atom is 0.119 e. The van der Waals surface area contributed by atoms with Crippen LogP contribution in [0.5, 0.6) is 5.75 Å². The molecular weight excluding hydrogens is 330 g/mol. The normalized spacial score (nSPS) is 18.9. The molecule has 3 N–H and O–H groups in total. The van der Waals surface area contributed by atoms with Crippen molar-refractivity contribution in [1.29, 1.82) is 0 Å². The van der Waals surface area contributed by atoms with E-state index in [2.05, 4.69) is 46.7 Å². The second kappa shape index (κ2) is 7.25. The van der Waals surface area contributed by atoms with Crippen LogP contribution in [0.25, 0.3) is 0 Å². The zero-order valence-corrected chi connectivity index (χ0v) is 14.7. The van der Waals surface area contributed by atoms with E-state index in [0.717, 1.165) is 22.3 Å². The number of nitrogens with one attached hydrogen (secondary N) is 1. The number of hydrogen-bond acceptors (Lipinski definition) is 5. The molecule has 0 aliphatic heterocycles. The van der Waals surface area contributed by atoms with Crippen molar-refractivity contribution in [3.8, 4) is 5.75 Å². The second-order valence-electron chi connectivity index (χ2n) is 6.33. The molecule has 0 amide bonds. The lowest BCUT2D eigenvalue weighted by Crippen LogP contribution is -2.17. The molecule has 25 heavy (non-hydrogen) atoms. The van der Waals surface area contributed by atoms with Crippen LogP contribution in [0, 0.1) is 0 Å². The van der Waals surface area contributed by atoms with E-state index in [1.54, 1.807) is 17.5 Å². The molecule has 2 aromatic carbocycles. The Morgan fingerprint density at radius 3 is 2.64 bits per heavy atom. The topological polar surface area (TPSA) is 60.2 Å². The van der Waals surface area contributed by atoms with Crippen molar-refractivity contribution >= 4 is 16.3 Å². The van der Waals surface area contributed by atoms with Gasteiger partial charge in [-0.2, -0.15) is 0 Å². The van der Waals surface area contributed by atoms with Gasteiger partial charge >= 0.3 is 0 Å².